The van der Waals surface area contributed by atoms with Gasteiger partial charge < -0.3 is 4.90 Å². The fraction of sp³-hybridized carbons (Fsp3) is 1.00. The largest absolute Gasteiger partial charge is 0.306 e. The summed E-state index contributed by atoms with van der Waals surface area (Å²) >= 11 is 4.39. The second kappa shape index (κ2) is 3.36. The first-order chi connectivity index (χ1) is 5.06. The summed E-state index contributed by atoms with van der Waals surface area (Å²) in [4.78, 5) is 2.41. The Morgan fingerprint density at radius 1 is 1.55 bits per heavy atom. The molecule has 1 saturated heterocycles. The van der Waals surface area contributed by atoms with Crippen LogP contribution in [0, 0.1) is 11.3 Å². The van der Waals surface area contributed by atoms with Gasteiger partial charge >= 0.3 is 0 Å². The fourth-order valence-corrected chi connectivity index (χ4v) is 1.96. The van der Waals surface area contributed by atoms with E-state index < -0.39 is 0 Å². The van der Waals surface area contributed by atoms with E-state index in [1.807, 2.05) is 0 Å². The molecule has 1 rings (SSSR count). The number of thiol groups is 1. The minimum absolute atomic E-state index is 0.424. The molecule has 66 valence electrons. The van der Waals surface area contributed by atoms with Gasteiger partial charge in [-0.25, -0.2) is 0 Å². The van der Waals surface area contributed by atoms with E-state index >= 15 is 0 Å². The third-order valence-electron chi connectivity index (χ3n) is 2.90. The first-order valence-corrected chi connectivity index (χ1v) is 4.99. The molecule has 1 fully saturated rings. The Morgan fingerprint density at radius 3 is 2.55 bits per heavy atom. The summed E-state index contributed by atoms with van der Waals surface area (Å²) in [6.07, 6.45) is 1.35. The second-order valence-corrected chi connectivity index (χ2v) is 4.71. The van der Waals surface area contributed by atoms with E-state index in [0.717, 1.165) is 11.7 Å². The number of rotatable bonds is 2. The molecular weight excluding hydrogens is 154 g/mol. The Balaban J connectivity index is 2.48. The van der Waals surface area contributed by atoms with Gasteiger partial charge in [0.15, 0.2) is 0 Å². The molecule has 1 heterocycles. The predicted molar refractivity (Wildman–Crippen MR) is 53.2 cm³/mol. The molecule has 0 aliphatic carbocycles. The highest BCUT2D eigenvalue weighted by atomic mass is 32.1. The molecule has 1 nitrogen and oxygen atoms in total. The van der Waals surface area contributed by atoms with Gasteiger partial charge in [-0.3, -0.25) is 0 Å². The third-order valence-corrected chi connectivity index (χ3v) is 3.72. The van der Waals surface area contributed by atoms with Crippen LogP contribution in [-0.4, -0.2) is 30.8 Å². The number of hydrogen-bond donors (Lipinski definition) is 1. The number of hydrogen-bond acceptors (Lipinski definition) is 2. The Hall–Kier alpha value is 0.310. The molecular formula is C9H19NS. The second-order valence-electron chi connectivity index (χ2n) is 4.39. The molecule has 0 bridgehead atoms. The van der Waals surface area contributed by atoms with Crippen molar-refractivity contribution >= 4 is 12.6 Å². The maximum absolute atomic E-state index is 4.39. The highest BCUT2D eigenvalue weighted by Gasteiger charge is 2.32. The van der Waals surface area contributed by atoms with Crippen molar-refractivity contribution in [3.63, 3.8) is 0 Å². The molecule has 1 aliphatic rings. The van der Waals surface area contributed by atoms with Gasteiger partial charge in [0.1, 0.15) is 0 Å². The third kappa shape index (κ3) is 2.12. The quantitative estimate of drug-likeness (QED) is 0.624. The zero-order valence-corrected chi connectivity index (χ0v) is 8.69. The predicted octanol–water partition coefficient (Wildman–Crippen LogP) is 1.89. The van der Waals surface area contributed by atoms with Crippen molar-refractivity contribution in [2.24, 2.45) is 11.3 Å². The Morgan fingerprint density at radius 2 is 2.18 bits per heavy atom. The SMILES string of the molecule is CN1CCC(C(C)(C)CS)C1. The molecule has 1 aliphatic heterocycles. The van der Waals surface area contributed by atoms with Crippen LogP contribution in [0.25, 0.3) is 0 Å². The van der Waals surface area contributed by atoms with E-state index in [1.54, 1.807) is 0 Å². The van der Waals surface area contributed by atoms with Gasteiger partial charge in [0, 0.05) is 6.54 Å². The Labute approximate surface area is 75.6 Å². The average molecular weight is 173 g/mol. The van der Waals surface area contributed by atoms with Crippen LogP contribution in [0.1, 0.15) is 20.3 Å². The van der Waals surface area contributed by atoms with Crippen LogP contribution in [0.3, 0.4) is 0 Å². The van der Waals surface area contributed by atoms with Crippen LogP contribution >= 0.6 is 12.6 Å². The maximum Gasteiger partial charge on any atom is 0.00125 e. The van der Waals surface area contributed by atoms with Gasteiger partial charge in [-0.1, -0.05) is 13.8 Å². The molecule has 0 spiro atoms. The summed E-state index contributed by atoms with van der Waals surface area (Å²) in [6.45, 7) is 7.17. The molecule has 11 heavy (non-hydrogen) atoms. The molecule has 0 N–H and O–H groups in total. The molecule has 0 saturated carbocycles. The lowest BCUT2D eigenvalue weighted by atomic mass is 9.80. The van der Waals surface area contributed by atoms with E-state index in [4.69, 9.17) is 0 Å². The van der Waals surface area contributed by atoms with Gasteiger partial charge in [-0.05, 0) is 37.1 Å². The van der Waals surface area contributed by atoms with Gasteiger partial charge in [0.2, 0.25) is 0 Å². The zero-order valence-electron chi connectivity index (χ0n) is 7.80. The first-order valence-electron chi connectivity index (χ1n) is 4.35. The van der Waals surface area contributed by atoms with Gasteiger partial charge in [-0.15, -0.1) is 0 Å². The van der Waals surface area contributed by atoms with Crippen LogP contribution in [0.4, 0.5) is 0 Å². The summed E-state index contributed by atoms with van der Waals surface area (Å²) in [5.74, 6) is 1.86. The summed E-state index contributed by atoms with van der Waals surface area (Å²) in [5.41, 5.74) is 0.424. The lowest BCUT2D eigenvalue weighted by Gasteiger charge is -2.29. The minimum Gasteiger partial charge on any atom is -0.306 e. The standard InChI is InChI=1S/C9H19NS/c1-9(2,7-11)8-4-5-10(3)6-8/h8,11H,4-7H2,1-3H3. The van der Waals surface area contributed by atoms with E-state index in [2.05, 4.69) is 38.4 Å². The van der Waals surface area contributed by atoms with Crippen molar-refractivity contribution in [1.82, 2.24) is 4.90 Å². The molecule has 0 radical (unpaired) electrons. The van der Waals surface area contributed by atoms with E-state index in [1.165, 1.54) is 19.5 Å². The highest BCUT2D eigenvalue weighted by molar-refractivity contribution is 7.80. The molecule has 1 unspecified atom stereocenters. The van der Waals surface area contributed by atoms with Crippen LogP contribution in [-0.2, 0) is 0 Å². The summed E-state index contributed by atoms with van der Waals surface area (Å²) in [6, 6.07) is 0. The van der Waals surface area contributed by atoms with E-state index in [9.17, 15) is 0 Å². The van der Waals surface area contributed by atoms with Crippen LogP contribution in [0.2, 0.25) is 0 Å². The Bertz CT molecular complexity index is 134. The molecule has 0 aromatic carbocycles. The van der Waals surface area contributed by atoms with Gasteiger partial charge in [-0.2, -0.15) is 12.6 Å². The molecule has 0 amide bonds. The monoisotopic (exact) mass is 173 g/mol. The van der Waals surface area contributed by atoms with Crippen molar-refractivity contribution in [3.8, 4) is 0 Å². The van der Waals surface area contributed by atoms with Crippen LogP contribution in [0.15, 0.2) is 0 Å². The minimum atomic E-state index is 0.424. The zero-order chi connectivity index (χ0) is 8.48. The summed E-state index contributed by atoms with van der Waals surface area (Å²) < 4.78 is 0. The average Bonchev–Trinajstić information content (AvgIpc) is 2.36. The fourth-order valence-electron chi connectivity index (χ4n) is 1.70. The summed E-state index contributed by atoms with van der Waals surface area (Å²) in [5, 5.41) is 0. The first kappa shape index (κ1) is 9.40. The van der Waals surface area contributed by atoms with Gasteiger partial charge in [0.25, 0.3) is 0 Å². The Kier molecular flexibility index (Phi) is 2.87. The number of nitrogens with zero attached hydrogens (tertiary/aromatic N) is 1. The smallest absolute Gasteiger partial charge is 0.00125 e. The van der Waals surface area contributed by atoms with E-state index in [0.29, 0.717) is 5.41 Å². The number of likely N-dealkylation sites (tertiary alicyclic amines) is 1. The van der Waals surface area contributed by atoms with Crippen molar-refractivity contribution in [3.05, 3.63) is 0 Å². The molecule has 1 atom stereocenters. The lowest BCUT2D eigenvalue weighted by Crippen LogP contribution is -2.28. The highest BCUT2D eigenvalue weighted by Crippen LogP contribution is 2.34. The van der Waals surface area contributed by atoms with Crippen molar-refractivity contribution in [1.29, 1.82) is 0 Å². The molecule has 2 heteroatoms. The normalized spacial score (nSPS) is 27.8. The topological polar surface area (TPSA) is 3.24 Å². The van der Waals surface area contributed by atoms with Crippen LogP contribution < -0.4 is 0 Å². The van der Waals surface area contributed by atoms with Gasteiger partial charge in [0.05, 0.1) is 0 Å². The van der Waals surface area contributed by atoms with Crippen molar-refractivity contribution < 1.29 is 0 Å². The van der Waals surface area contributed by atoms with E-state index in [-0.39, 0.29) is 0 Å². The maximum atomic E-state index is 4.39. The molecule has 0 aromatic heterocycles. The van der Waals surface area contributed by atoms with Crippen molar-refractivity contribution in [2.45, 2.75) is 20.3 Å². The summed E-state index contributed by atoms with van der Waals surface area (Å²) in [7, 11) is 2.20. The lowest BCUT2D eigenvalue weighted by molar-refractivity contribution is 0.248. The molecule has 0 aromatic rings. The van der Waals surface area contributed by atoms with Crippen LogP contribution in [0.5, 0.6) is 0 Å². The van der Waals surface area contributed by atoms with Crippen molar-refractivity contribution in [2.75, 3.05) is 25.9 Å².